The molecule has 2 aliphatic rings. The minimum absolute atomic E-state index is 0.0266. The van der Waals surface area contributed by atoms with E-state index in [1.807, 2.05) is 13.1 Å². The molecule has 0 aliphatic carbocycles. The molecule has 4 rings (SSSR count). The summed E-state index contributed by atoms with van der Waals surface area (Å²) in [5.41, 5.74) is 1.77. The maximum atomic E-state index is 12.5. The van der Waals surface area contributed by atoms with Crippen LogP contribution in [0.3, 0.4) is 0 Å². The fraction of sp³-hybridized carbons (Fsp3) is 0.763. The molecule has 1 unspecified atom stereocenters. The van der Waals surface area contributed by atoms with Crippen LogP contribution in [0.2, 0.25) is 0 Å². The molecule has 0 saturated carbocycles. The van der Waals surface area contributed by atoms with Crippen molar-refractivity contribution in [3.63, 3.8) is 0 Å². The van der Waals surface area contributed by atoms with Gasteiger partial charge in [0.15, 0.2) is 6.29 Å². The van der Waals surface area contributed by atoms with Crippen molar-refractivity contribution in [3.05, 3.63) is 30.0 Å². The zero-order valence-electron chi connectivity index (χ0n) is 30.8. The van der Waals surface area contributed by atoms with Crippen LogP contribution in [-0.2, 0) is 25.4 Å². The molecule has 11 atom stereocenters. The number of unbranched alkanes of at least 4 members (excludes halogenated alkanes) is 10. The molecular formula is C38H62N2O13. The number of amides is 1. The summed E-state index contributed by atoms with van der Waals surface area (Å²) in [6.45, 7) is 1.19. The van der Waals surface area contributed by atoms with Gasteiger partial charge in [-0.3, -0.25) is 4.79 Å². The van der Waals surface area contributed by atoms with E-state index < -0.39 is 74.6 Å². The van der Waals surface area contributed by atoms with Gasteiger partial charge in [-0.1, -0.05) is 64.2 Å². The Morgan fingerprint density at radius 2 is 1.38 bits per heavy atom. The van der Waals surface area contributed by atoms with Crippen LogP contribution in [0, 0.1) is 0 Å². The summed E-state index contributed by atoms with van der Waals surface area (Å²) >= 11 is 0. The van der Waals surface area contributed by atoms with Crippen molar-refractivity contribution < 1.29 is 64.6 Å². The minimum atomic E-state index is -1.68. The number of benzene rings is 1. The molecule has 302 valence electrons. The molecule has 2 aliphatic heterocycles. The average Bonchev–Trinajstić information content (AvgIpc) is 3.54. The summed E-state index contributed by atoms with van der Waals surface area (Å²) in [4.78, 5) is 15.7. The number of fused-ring (bicyclic) bond motifs is 1. The zero-order chi connectivity index (χ0) is 38.3. The molecule has 3 heterocycles. The molecule has 15 nitrogen and oxygen atoms in total. The second kappa shape index (κ2) is 22.2. The fourth-order valence-electron chi connectivity index (χ4n) is 6.86. The molecule has 1 amide bonds. The first kappa shape index (κ1) is 43.3. The third kappa shape index (κ3) is 13.1. The second-order valence-corrected chi connectivity index (χ2v) is 14.6. The molecule has 1 aromatic carbocycles. The van der Waals surface area contributed by atoms with E-state index in [0.29, 0.717) is 25.1 Å². The lowest BCUT2D eigenvalue weighted by molar-refractivity contribution is -0.323. The lowest BCUT2D eigenvalue weighted by atomic mass is 9.98. The Labute approximate surface area is 311 Å². The number of aromatic amines is 1. The summed E-state index contributed by atoms with van der Waals surface area (Å²) in [5.74, 6) is 0.339. The molecular weight excluding hydrogens is 692 g/mol. The first-order valence-electron chi connectivity index (χ1n) is 19.3. The minimum Gasteiger partial charge on any atom is -0.462 e. The smallest absolute Gasteiger partial charge is 0.229 e. The van der Waals surface area contributed by atoms with Gasteiger partial charge in [-0.15, -0.1) is 0 Å². The molecule has 15 heteroatoms. The van der Waals surface area contributed by atoms with Crippen molar-refractivity contribution in [2.75, 3.05) is 19.8 Å². The van der Waals surface area contributed by atoms with E-state index in [1.165, 1.54) is 44.9 Å². The van der Waals surface area contributed by atoms with Crippen LogP contribution >= 0.6 is 0 Å². The summed E-state index contributed by atoms with van der Waals surface area (Å²) in [6.07, 6.45) is 1.31. The maximum Gasteiger partial charge on any atom is 0.229 e. The van der Waals surface area contributed by atoms with Crippen molar-refractivity contribution in [3.8, 4) is 5.75 Å². The number of carbonyl (C=O) groups excluding carboxylic acids is 1. The Balaban J connectivity index is 1.16. The van der Waals surface area contributed by atoms with Gasteiger partial charge < -0.3 is 70.1 Å². The van der Waals surface area contributed by atoms with Gasteiger partial charge in [0.1, 0.15) is 54.6 Å². The molecule has 1 aromatic heterocycles. The Hall–Kier alpha value is -2.41. The van der Waals surface area contributed by atoms with Crippen molar-refractivity contribution in [1.29, 1.82) is 0 Å². The van der Waals surface area contributed by atoms with Gasteiger partial charge in [0.05, 0.1) is 19.3 Å². The number of aromatic nitrogens is 1. The Morgan fingerprint density at radius 3 is 2.02 bits per heavy atom. The van der Waals surface area contributed by atoms with Gasteiger partial charge in [0.2, 0.25) is 12.2 Å². The highest BCUT2D eigenvalue weighted by atomic mass is 16.7. The highest BCUT2D eigenvalue weighted by Gasteiger charge is 2.48. The quantitative estimate of drug-likeness (QED) is 0.0720. The first-order valence-corrected chi connectivity index (χ1v) is 19.3. The highest BCUT2D eigenvalue weighted by Crippen LogP contribution is 2.29. The number of hydrogen-bond acceptors (Lipinski definition) is 13. The normalized spacial score (nSPS) is 29.7. The van der Waals surface area contributed by atoms with Crippen molar-refractivity contribution in [1.82, 2.24) is 10.3 Å². The lowest BCUT2D eigenvalue weighted by Gasteiger charge is -2.42. The summed E-state index contributed by atoms with van der Waals surface area (Å²) in [5, 5.41) is 84.6. The van der Waals surface area contributed by atoms with Crippen molar-refractivity contribution in [2.24, 2.45) is 0 Å². The molecule has 2 saturated heterocycles. The number of rotatable bonds is 23. The lowest BCUT2D eigenvalue weighted by Crippen LogP contribution is -2.62. The predicted molar refractivity (Wildman–Crippen MR) is 194 cm³/mol. The summed E-state index contributed by atoms with van der Waals surface area (Å²) in [7, 11) is 0. The number of aliphatic hydroxyl groups is 8. The van der Waals surface area contributed by atoms with Crippen LogP contribution in [-0.4, -0.2) is 139 Å². The van der Waals surface area contributed by atoms with Crippen molar-refractivity contribution >= 4 is 16.8 Å². The topological polar surface area (TPSA) is 244 Å². The third-order valence-corrected chi connectivity index (χ3v) is 10.2. The van der Waals surface area contributed by atoms with Gasteiger partial charge in [0.25, 0.3) is 0 Å². The number of H-pyrrole nitrogens is 1. The average molecular weight is 755 g/mol. The van der Waals surface area contributed by atoms with Crippen LogP contribution in [0.25, 0.3) is 10.9 Å². The van der Waals surface area contributed by atoms with Gasteiger partial charge in [-0.2, -0.15) is 0 Å². The molecule has 10 N–H and O–H groups in total. The van der Waals surface area contributed by atoms with E-state index in [9.17, 15) is 45.6 Å². The van der Waals surface area contributed by atoms with E-state index in [1.54, 1.807) is 18.2 Å². The van der Waals surface area contributed by atoms with E-state index in [4.69, 9.17) is 18.9 Å². The van der Waals surface area contributed by atoms with Gasteiger partial charge in [0, 0.05) is 30.1 Å². The molecule has 0 bridgehead atoms. The molecule has 53 heavy (non-hydrogen) atoms. The van der Waals surface area contributed by atoms with Crippen LogP contribution in [0.4, 0.5) is 0 Å². The SMILES string of the molecule is CC(O)CCCCCCCCCCCCCC(=O)NCCc1c[nH]c2ccc(O[C@H]3O[C@H](CO[C@H]4O[C@H](CO)[C@@H](O)[C@@H](O)[C@@H]4O)[C@@H](O)[C@@H](O)[C@@H]3O)cc12. The maximum absolute atomic E-state index is 12.5. The number of ether oxygens (including phenoxy) is 4. The zero-order valence-corrected chi connectivity index (χ0v) is 30.8. The fourth-order valence-corrected chi connectivity index (χ4v) is 6.86. The monoisotopic (exact) mass is 754 g/mol. The highest BCUT2D eigenvalue weighted by molar-refractivity contribution is 5.84. The van der Waals surface area contributed by atoms with Gasteiger partial charge in [-0.05, 0) is 49.9 Å². The van der Waals surface area contributed by atoms with Crippen LogP contribution < -0.4 is 10.1 Å². The van der Waals surface area contributed by atoms with E-state index in [0.717, 1.165) is 48.6 Å². The standard InChI is InChI=1S/C38H62N2O13/c1-23(42)13-11-9-7-5-3-2-4-6-8-10-12-14-30(43)39-18-17-24-20-40-27-16-15-25(19-26(24)27)51-38-36(49)34(47)32(45)29(53-38)22-50-37-35(48)33(46)31(44)28(21-41)52-37/h15-16,19-20,23,28-29,31-38,40-42,44-49H,2-14,17-18,21-22H2,1H3,(H,39,43)/t23?,28-,29-,31-,32-,33-,34-,35+,36+,37+,38+/m1/s1. The number of hydrogen-bond donors (Lipinski definition) is 10. The summed E-state index contributed by atoms with van der Waals surface area (Å²) in [6, 6.07) is 5.18. The summed E-state index contributed by atoms with van der Waals surface area (Å²) < 4.78 is 22.5. The Morgan fingerprint density at radius 1 is 0.792 bits per heavy atom. The van der Waals surface area contributed by atoms with Gasteiger partial charge in [-0.25, -0.2) is 0 Å². The molecule has 2 aromatic rings. The molecule has 0 radical (unpaired) electrons. The Bertz CT molecular complexity index is 1340. The van der Waals surface area contributed by atoms with Gasteiger partial charge >= 0.3 is 0 Å². The van der Waals surface area contributed by atoms with Crippen LogP contribution in [0.15, 0.2) is 24.4 Å². The first-order chi connectivity index (χ1) is 25.5. The van der Waals surface area contributed by atoms with Crippen molar-refractivity contribution in [2.45, 2.75) is 164 Å². The number of nitrogens with one attached hydrogen (secondary N) is 2. The van der Waals surface area contributed by atoms with E-state index in [-0.39, 0.29) is 12.0 Å². The molecule has 2 fully saturated rings. The van der Waals surface area contributed by atoms with E-state index in [2.05, 4.69) is 10.3 Å². The Kier molecular flexibility index (Phi) is 18.2. The largest absolute Gasteiger partial charge is 0.462 e. The predicted octanol–water partition coefficient (Wildman–Crippen LogP) is 1.28. The third-order valence-electron chi connectivity index (χ3n) is 10.2. The molecule has 0 spiro atoms. The number of carbonyl (C=O) groups is 1. The number of aliphatic hydroxyl groups excluding tert-OH is 8. The second-order valence-electron chi connectivity index (χ2n) is 14.6. The van der Waals surface area contributed by atoms with E-state index >= 15 is 0 Å². The van der Waals surface area contributed by atoms with Crippen LogP contribution in [0.1, 0.15) is 96.0 Å². The van der Waals surface area contributed by atoms with Crippen LogP contribution in [0.5, 0.6) is 5.75 Å².